The third kappa shape index (κ3) is 5.50. The van der Waals surface area contributed by atoms with Crippen LogP contribution in [0.25, 0.3) is 11.1 Å². The van der Waals surface area contributed by atoms with E-state index in [1.54, 1.807) is 6.21 Å². The van der Waals surface area contributed by atoms with Crippen LogP contribution in [0.4, 0.5) is 0 Å². The molecule has 0 saturated heterocycles. The number of rotatable bonds is 4. The second-order valence-corrected chi connectivity index (χ2v) is 7.82. The lowest BCUT2D eigenvalue weighted by molar-refractivity contribution is 1.39. The van der Waals surface area contributed by atoms with Crippen molar-refractivity contribution < 1.29 is 0 Å². The first-order chi connectivity index (χ1) is 15.2. The lowest BCUT2D eigenvalue weighted by Crippen LogP contribution is -2.04. The van der Waals surface area contributed by atoms with E-state index in [2.05, 4.69) is 50.2 Å². The minimum atomic E-state index is 0.161. The number of aliphatic imine (C=N–C) groups is 2. The molecule has 4 aromatic rings. The molecule has 1 N–H and O–H groups in total. The van der Waals surface area contributed by atoms with Crippen LogP contribution < -0.4 is 0 Å². The van der Waals surface area contributed by atoms with Crippen LogP contribution in [-0.2, 0) is 0 Å². The predicted octanol–water partition coefficient (Wildman–Crippen LogP) is 7.01. The highest BCUT2D eigenvalue weighted by molar-refractivity contribution is 9.10. The molecule has 4 rings (SSSR count). The van der Waals surface area contributed by atoms with Gasteiger partial charge in [0.2, 0.25) is 0 Å². The van der Waals surface area contributed by atoms with Crippen molar-refractivity contribution in [2.45, 2.75) is 0 Å². The lowest BCUT2D eigenvalue weighted by Gasteiger charge is -2.06. The minimum Gasteiger partial charge on any atom is -0.282 e. The summed E-state index contributed by atoms with van der Waals surface area (Å²) >= 11 is 3.46. The maximum absolute atomic E-state index is 8.48. The molecule has 0 spiro atoms. The normalized spacial score (nSPS) is 11.6. The van der Waals surface area contributed by atoms with Crippen molar-refractivity contribution in [2.24, 2.45) is 9.98 Å². The molecule has 0 radical (unpaired) electrons. The van der Waals surface area contributed by atoms with Crippen LogP contribution in [0.15, 0.2) is 124 Å². The van der Waals surface area contributed by atoms with Gasteiger partial charge < -0.3 is 0 Å². The van der Waals surface area contributed by atoms with Gasteiger partial charge in [0.25, 0.3) is 0 Å². The number of hydrogen-bond donors (Lipinski definition) is 1. The Hall–Kier alpha value is -3.63. The fourth-order valence-corrected chi connectivity index (χ4v) is 3.49. The standard InChI is InChI=1S/C27H20BrN3/c28-25-13-7-12-24(18-25)26(29)31-27(30-19-20-8-3-1-4-9-20)23-16-14-22(15-17-23)21-10-5-2-6-11-21/h1-19,29H. The fraction of sp³-hybridized carbons (Fsp3) is 0. The molecule has 0 saturated carbocycles. The highest BCUT2D eigenvalue weighted by Gasteiger charge is 2.07. The van der Waals surface area contributed by atoms with Crippen LogP contribution in [0, 0.1) is 5.41 Å². The molecule has 150 valence electrons. The van der Waals surface area contributed by atoms with Crippen molar-refractivity contribution in [1.82, 2.24) is 0 Å². The average molecular weight is 466 g/mol. The molecule has 4 aromatic carbocycles. The van der Waals surface area contributed by atoms with Crippen LogP contribution in [0.1, 0.15) is 16.7 Å². The Morgan fingerprint density at radius 1 is 0.677 bits per heavy atom. The molecule has 0 bridgehead atoms. The molecule has 0 fully saturated rings. The summed E-state index contributed by atoms with van der Waals surface area (Å²) in [7, 11) is 0. The van der Waals surface area contributed by atoms with E-state index < -0.39 is 0 Å². The van der Waals surface area contributed by atoms with E-state index in [0.29, 0.717) is 5.84 Å². The van der Waals surface area contributed by atoms with Gasteiger partial charge in [-0.1, -0.05) is 113 Å². The third-order valence-corrected chi connectivity index (χ3v) is 5.19. The number of hydrogen-bond acceptors (Lipinski definition) is 1. The molecule has 0 heterocycles. The van der Waals surface area contributed by atoms with Crippen LogP contribution in [-0.4, -0.2) is 17.9 Å². The molecule has 0 aromatic heterocycles. The van der Waals surface area contributed by atoms with Crippen molar-refractivity contribution in [3.63, 3.8) is 0 Å². The number of benzene rings is 4. The van der Waals surface area contributed by atoms with Gasteiger partial charge in [0.15, 0.2) is 11.7 Å². The Bertz CT molecular complexity index is 1230. The van der Waals surface area contributed by atoms with E-state index >= 15 is 0 Å². The summed E-state index contributed by atoms with van der Waals surface area (Å²) in [6, 6.07) is 35.8. The molecule has 3 nitrogen and oxygen atoms in total. The zero-order chi connectivity index (χ0) is 21.5. The van der Waals surface area contributed by atoms with Crippen LogP contribution in [0.3, 0.4) is 0 Å². The first-order valence-electron chi connectivity index (χ1n) is 9.87. The minimum absolute atomic E-state index is 0.161. The van der Waals surface area contributed by atoms with Crippen molar-refractivity contribution in [3.05, 3.63) is 130 Å². The van der Waals surface area contributed by atoms with Gasteiger partial charge >= 0.3 is 0 Å². The second kappa shape index (κ2) is 9.92. The van der Waals surface area contributed by atoms with Gasteiger partial charge in [-0.15, -0.1) is 0 Å². The monoisotopic (exact) mass is 465 g/mol. The topological polar surface area (TPSA) is 48.6 Å². The van der Waals surface area contributed by atoms with Gasteiger partial charge in [0.1, 0.15) is 0 Å². The predicted molar refractivity (Wildman–Crippen MR) is 133 cm³/mol. The van der Waals surface area contributed by atoms with E-state index in [4.69, 9.17) is 5.41 Å². The molecule has 0 aliphatic heterocycles. The molecular formula is C27H20BrN3. The Labute approximate surface area is 190 Å². The smallest absolute Gasteiger partial charge is 0.161 e. The molecule has 0 amide bonds. The zero-order valence-corrected chi connectivity index (χ0v) is 18.3. The summed E-state index contributed by atoms with van der Waals surface area (Å²) in [6.07, 6.45) is 1.78. The Kier molecular flexibility index (Phi) is 6.60. The van der Waals surface area contributed by atoms with E-state index in [0.717, 1.165) is 32.3 Å². The third-order valence-electron chi connectivity index (χ3n) is 4.70. The van der Waals surface area contributed by atoms with E-state index in [1.165, 1.54) is 0 Å². The number of nitrogens with one attached hydrogen (secondary N) is 1. The molecule has 0 aliphatic carbocycles. The summed E-state index contributed by atoms with van der Waals surface area (Å²) < 4.78 is 0.909. The van der Waals surface area contributed by atoms with Crippen LogP contribution in [0.2, 0.25) is 0 Å². The number of nitrogens with zero attached hydrogens (tertiary/aromatic N) is 2. The Morgan fingerprint density at radius 3 is 2.00 bits per heavy atom. The largest absolute Gasteiger partial charge is 0.282 e. The van der Waals surface area contributed by atoms with E-state index in [-0.39, 0.29) is 5.84 Å². The molecule has 0 unspecified atom stereocenters. The summed E-state index contributed by atoms with van der Waals surface area (Å²) in [5.74, 6) is 0.655. The molecule has 4 heteroatoms. The van der Waals surface area contributed by atoms with Crippen molar-refractivity contribution in [1.29, 1.82) is 5.41 Å². The first-order valence-corrected chi connectivity index (χ1v) is 10.7. The summed E-state index contributed by atoms with van der Waals surface area (Å²) in [4.78, 5) is 9.18. The Balaban J connectivity index is 1.69. The van der Waals surface area contributed by atoms with Gasteiger partial charge in [-0.2, -0.15) is 0 Å². The lowest BCUT2D eigenvalue weighted by atomic mass is 10.0. The quantitative estimate of drug-likeness (QED) is 0.249. The molecule has 31 heavy (non-hydrogen) atoms. The summed E-state index contributed by atoms with van der Waals surface area (Å²) in [5, 5.41) is 8.48. The summed E-state index contributed by atoms with van der Waals surface area (Å²) in [6.45, 7) is 0. The van der Waals surface area contributed by atoms with Gasteiger partial charge in [-0.25, -0.2) is 9.98 Å². The summed E-state index contributed by atoms with van der Waals surface area (Å²) in [5.41, 5.74) is 4.83. The first kappa shape index (κ1) is 20.6. The average Bonchev–Trinajstić information content (AvgIpc) is 2.83. The highest BCUT2D eigenvalue weighted by atomic mass is 79.9. The van der Waals surface area contributed by atoms with Crippen LogP contribution in [0.5, 0.6) is 0 Å². The molecule has 0 aliphatic rings. The zero-order valence-electron chi connectivity index (χ0n) is 16.7. The molecular weight excluding hydrogens is 446 g/mol. The fourth-order valence-electron chi connectivity index (χ4n) is 3.09. The highest BCUT2D eigenvalue weighted by Crippen LogP contribution is 2.20. The number of amidine groups is 2. The maximum atomic E-state index is 8.48. The van der Waals surface area contributed by atoms with Gasteiger partial charge in [0.05, 0.1) is 0 Å². The maximum Gasteiger partial charge on any atom is 0.161 e. The van der Waals surface area contributed by atoms with Crippen molar-refractivity contribution >= 4 is 33.8 Å². The van der Waals surface area contributed by atoms with Crippen molar-refractivity contribution in [3.8, 4) is 11.1 Å². The van der Waals surface area contributed by atoms with Gasteiger partial charge in [-0.05, 0) is 28.8 Å². The molecule has 0 atom stereocenters. The Morgan fingerprint density at radius 2 is 1.32 bits per heavy atom. The van der Waals surface area contributed by atoms with Gasteiger partial charge in [0, 0.05) is 21.8 Å². The van der Waals surface area contributed by atoms with Gasteiger partial charge in [-0.3, -0.25) is 5.41 Å². The van der Waals surface area contributed by atoms with E-state index in [1.807, 2.05) is 84.9 Å². The SMILES string of the molecule is N=C(N=C(N=Cc1ccccc1)c1ccc(-c2ccccc2)cc1)c1cccc(Br)c1. The number of halogens is 1. The van der Waals surface area contributed by atoms with Crippen molar-refractivity contribution in [2.75, 3.05) is 0 Å². The van der Waals surface area contributed by atoms with E-state index in [9.17, 15) is 0 Å². The van der Waals surface area contributed by atoms with Crippen LogP contribution >= 0.6 is 15.9 Å². The second-order valence-electron chi connectivity index (χ2n) is 6.91.